The molecule has 0 atom stereocenters. The maximum atomic E-state index is 13.5. The van der Waals surface area contributed by atoms with Gasteiger partial charge in [-0.05, 0) is 159 Å². The summed E-state index contributed by atoms with van der Waals surface area (Å²) < 4.78 is 99.9. The summed E-state index contributed by atoms with van der Waals surface area (Å²) in [5, 5.41) is 29.6. The van der Waals surface area contributed by atoms with E-state index in [1.165, 1.54) is 40.0 Å². The number of alkyl halides is 6. The fraction of sp³-hybridized carbons (Fsp3) is 0.272. The number of nitro groups is 2. The molecular formula is C92H93Cl5F6N26O13. The van der Waals surface area contributed by atoms with Gasteiger partial charge in [-0.15, -0.1) is 0 Å². The number of nitrogens with zero attached hydrogens (tertiary/aromatic N) is 22. The van der Waals surface area contributed by atoms with Crippen molar-refractivity contribution in [2.75, 3.05) is 203 Å². The number of benzene rings is 7. The molecule has 0 bridgehead atoms. The van der Waals surface area contributed by atoms with Gasteiger partial charge in [0, 0.05) is 117 Å². The second kappa shape index (κ2) is 48.6. The minimum atomic E-state index is -4.61. The molecule has 0 aliphatic carbocycles. The highest BCUT2D eigenvalue weighted by molar-refractivity contribution is 6.33. The van der Waals surface area contributed by atoms with Crippen molar-refractivity contribution >= 4 is 197 Å². The standard InChI is InChI=1S/C26H28F3N7O2.C14H10ClF3N4O.C14H13ClN4O4.C12H9ClN4O.C12H19N3O.C10H13NO2.C4HCl2N3O2/c1-33-10-12-35(13-11-33)17-8-9-19(22(14-17)38-3)31-25-30-15-21-23(32-25)34(2)20-7-5-4-6-18(20)24(37)36(21)16-26(27,28)29;1-21-9-5-3-2-4-8(9)12(23)22(7-14(16,17)18)10-6-19-13(15)20-11(10)21;1-3-23-13(20)9-6-4-5-7-10(9)18(2)12-11(19(21)22)8-16-14(15)17-12;1-17-9-5-3-2-4-7(9)11(18)15-8-6-14-12(13)16-10(8)17;1-14-5-7-15(8-6-14)10-3-4-11(13)12(9-10)16-2;1-3-13-10(12)8-6-4-5-7-9(8)11-2;5-3-2(9(10)11)1-7-4(6)8-3/h4-9,14-15H,10-13,16H2,1-3H3,(H,30,31,32);2-6H,7H2,1H3;4-8H,3H2,1-2H3;2-6H,1H3,(H,15,18);3-4,9H,5-8,13H2,1-2H3;4-7,11H,3H2,1-2H3;1H. The van der Waals surface area contributed by atoms with E-state index in [1.807, 2.05) is 78.7 Å². The van der Waals surface area contributed by atoms with Crippen molar-refractivity contribution in [3.8, 4) is 11.5 Å². The third-order valence-corrected chi connectivity index (χ3v) is 22.6. The van der Waals surface area contributed by atoms with Gasteiger partial charge in [-0.1, -0.05) is 72.3 Å². The molecule has 39 nitrogen and oxygen atoms in total. The van der Waals surface area contributed by atoms with E-state index >= 15 is 0 Å². The molecule has 0 spiro atoms. The number of aromatic nitrogens is 10. The molecule has 0 radical (unpaired) electrons. The summed E-state index contributed by atoms with van der Waals surface area (Å²) in [4.78, 5) is 137. The third kappa shape index (κ3) is 27.3. The lowest BCUT2D eigenvalue weighted by atomic mass is 10.1. The molecule has 3 amide bonds. The number of nitrogens with one attached hydrogen (secondary N) is 3. The van der Waals surface area contributed by atoms with Gasteiger partial charge in [0.25, 0.3) is 17.7 Å². The predicted octanol–water partition coefficient (Wildman–Crippen LogP) is 17.8. The molecule has 2 fully saturated rings. The van der Waals surface area contributed by atoms with E-state index in [4.69, 9.17) is 82.7 Å². The fourth-order valence-electron chi connectivity index (χ4n) is 14.6. The van der Waals surface area contributed by atoms with Crippen molar-refractivity contribution in [2.24, 2.45) is 0 Å². The van der Waals surface area contributed by atoms with E-state index in [0.29, 0.717) is 73.2 Å². The van der Waals surface area contributed by atoms with Crippen LogP contribution in [0.4, 0.5) is 135 Å². The molecule has 0 unspecified atom stereocenters. The first-order valence-electron chi connectivity index (χ1n) is 42.8. The maximum Gasteiger partial charge on any atom is 0.406 e. The lowest BCUT2D eigenvalue weighted by Gasteiger charge is -2.34. The van der Waals surface area contributed by atoms with E-state index in [2.05, 4.69) is 106 Å². The number of hydrogen-bond acceptors (Lipinski definition) is 34. The quantitative estimate of drug-likeness (QED) is 0.0125. The van der Waals surface area contributed by atoms with Gasteiger partial charge in [0.05, 0.1) is 118 Å². The maximum absolute atomic E-state index is 13.5. The Morgan fingerprint density at radius 3 is 1.43 bits per heavy atom. The first-order chi connectivity index (χ1) is 67.6. The Hall–Kier alpha value is -15.2. The number of likely N-dealkylation sites (N-methyl/N-ethyl adjacent to an activating group) is 2. The Morgan fingerprint density at radius 1 is 0.493 bits per heavy atom. The molecule has 50 heteroatoms. The first-order valence-corrected chi connectivity index (χ1v) is 44.7. The van der Waals surface area contributed by atoms with E-state index in [1.54, 1.807) is 134 Å². The summed E-state index contributed by atoms with van der Waals surface area (Å²) in [7, 11) is 15.9. The van der Waals surface area contributed by atoms with Gasteiger partial charge in [0.1, 0.15) is 54.0 Å². The van der Waals surface area contributed by atoms with Gasteiger partial charge in [-0.3, -0.25) is 44.4 Å². The Balaban J connectivity index is 0.000000164. The molecule has 12 aromatic rings. The number of halogens is 11. The van der Waals surface area contributed by atoms with E-state index in [9.17, 15) is 70.5 Å². The lowest BCUT2D eigenvalue weighted by molar-refractivity contribution is -0.385. The molecule has 2 saturated heterocycles. The van der Waals surface area contributed by atoms with Crippen LogP contribution < -0.4 is 70.4 Å². The molecular weight excluding hydrogens is 1970 g/mol. The number of esters is 2. The normalized spacial score (nSPS) is 13.6. The molecule has 5 aromatic heterocycles. The molecule has 746 valence electrons. The van der Waals surface area contributed by atoms with Gasteiger partial charge < -0.3 is 79.8 Å². The van der Waals surface area contributed by atoms with Gasteiger partial charge in [-0.25, -0.2) is 34.5 Å². The largest absolute Gasteiger partial charge is 0.495 e. The molecule has 0 saturated carbocycles. The zero-order valence-electron chi connectivity index (χ0n) is 77.8. The van der Waals surface area contributed by atoms with Crippen LogP contribution in [0.3, 0.4) is 0 Å². The summed E-state index contributed by atoms with van der Waals surface area (Å²) in [5.74, 6) is -0.189. The van der Waals surface area contributed by atoms with Crippen LogP contribution in [0.25, 0.3) is 0 Å². The highest BCUT2D eigenvalue weighted by Gasteiger charge is 2.42. The number of piperazine rings is 2. The fourth-order valence-corrected chi connectivity index (χ4v) is 15.3. The molecule has 5 aliphatic heterocycles. The number of fused-ring (bicyclic) bond motifs is 6. The van der Waals surface area contributed by atoms with Gasteiger partial charge in [0.15, 0.2) is 17.5 Å². The highest BCUT2D eigenvalue weighted by Crippen LogP contribution is 2.45. The predicted molar refractivity (Wildman–Crippen MR) is 531 cm³/mol. The van der Waals surface area contributed by atoms with Gasteiger partial charge >= 0.3 is 35.7 Å². The molecule has 17 rings (SSSR count). The van der Waals surface area contributed by atoms with Crippen LogP contribution >= 0.6 is 58.0 Å². The Morgan fingerprint density at radius 2 is 0.915 bits per heavy atom. The van der Waals surface area contributed by atoms with Crippen LogP contribution in [0.1, 0.15) is 65.6 Å². The number of ether oxygens (including phenoxy) is 4. The van der Waals surface area contributed by atoms with Gasteiger partial charge in [-0.2, -0.15) is 51.3 Å². The van der Waals surface area contributed by atoms with Gasteiger partial charge in [0.2, 0.25) is 38.1 Å². The van der Waals surface area contributed by atoms with Crippen LogP contribution in [-0.4, -0.2) is 254 Å². The average Bonchev–Trinajstić information content (AvgIpc) is 1.62. The van der Waals surface area contributed by atoms with Crippen molar-refractivity contribution in [1.29, 1.82) is 0 Å². The molecule has 7 aromatic carbocycles. The number of nitrogens with two attached hydrogens (primary N) is 1. The average molecular weight is 2060 g/mol. The number of amides is 3. The number of methoxy groups -OCH3 is 2. The summed E-state index contributed by atoms with van der Waals surface area (Å²) in [6.45, 7) is 9.28. The highest BCUT2D eigenvalue weighted by atomic mass is 35.5. The summed E-state index contributed by atoms with van der Waals surface area (Å²) in [6.07, 6.45) is -3.33. The molecule has 5 aliphatic rings. The van der Waals surface area contributed by atoms with Crippen LogP contribution in [-0.2, 0) is 9.47 Å². The Labute approximate surface area is 834 Å². The monoisotopic (exact) mass is 2060 g/mol. The molecule has 5 N–H and O–H groups in total. The van der Waals surface area contributed by atoms with E-state index < -0.39 is 53.1 Å². The number of nitrogen functional groups attached to an aromatic ring is 1. The Bertz CT molecular complexity index is 6560. The second-order valence-corrected chi connectivity index (χ2v) is 32.5. The van der Waals surface area contributed by atoms with Crippen LogP contribution in [0, 0.1) is 20.2 Å². The minimum Gasteiger partial charge on any atom is -0.495 e. The lowest BCUT2D eigenvalue weighted by Crippen LogP contribution is -2.44. The number of carbonyl (C=O) groups is 5. The molecule has 10 heterocycles. The first kappa shape index (κ1) is 107. The SMILES string of the molecule is CCOC(=O)c1ccccc1N(C)c1nc(Cl)ncc1[N+](=O)[O-].CCOC(=O)c1ccccc1NC.CN1c2ccccc2C(=O)N(CC(F)(F)F)c2cnc(Cl)nc21.CN1c2ccccc2C(=O)Nc2cnc(Cl)nc21.COc1cc(N2CCN(C)CC2)ccc1N.COc1cc(N2CCN(C)CC2)ccc1Nc1ncc2c(n1)N(C)c1ccccc1C(=O)N2CC(F)(F)F.O=[N+]([O-])c1cnc(Cl)nc1Cl. The van der Waals surface area contributed by atoms with Crippen molar-refractivity contribution in [1.82, 2.24) is 59.6 Å². The second-order valence-electron chi connectivity index (χ2n) is 30.8. The number of hydrogen-bond donors (Lipinski definition) is 4. The number of rotatable bonds is 17. The number of para-hydroxylation sites is 5. The van der Waals surface area contributed by atoms with Crippen molar-refractivity contribution < 1.29 is 79.1 Å². The minimum absolute atomic E-state index is 0.0215. The number of carbonyl (C=O) groups excluding carboxylic acids is 5. The van der Waals surface area contributed by atoms with Crippen LogP contribution in [0.5, 0.6) is 11.5 Å². The zero-order valence-corrected chi connectivity index (χ0v) is 81.5. The summed E-state index contributed by atoms with van der Waals surface area (Å²) in [6, 6.07) is 45.8. The number of anilines is 17. The Kier molecular flexibility index (Phi) is 36.7. The van der Waals surface area contributed by atoms with E-state index in [0.717, 1.165) is 93.8 Å². The van der Waals surface area contributed by atoms with E-state index in [-0.39, 0.29) is 108 Å². The topological polar surface area (TPSA) is 432 Å². The van der Waals surface area contributed by atoms with Crippen molar-refractivity contribution in [3.63, 3.8) is 0 Å². The van der Waals surface area contributed by atoms with Crippen LogP contribution in [0.2, 0.25) is 26.3 Å². The van der Waals surface area contributed by atoms with Crippen molar-refractivity contribution in [3.05, 3.63) is 263 Å². The van der Waals surface area contributed by atoms with Crippen LogP contribution in [0.15, 0.2) is 189 Å². The summed E-state index contributed by atoms with van der Waals surface area (Å²) in [5.41, 5.74) is 13.7. The molecule has 142 heavy (non-hydrogen) atoms. The smallest absolute Gasteiger partial charge is 0.406 e. The zero-order chi connectivity index (χ0) is 103. The van der Waals surface area contributed by atoms with Crippen molar-refractivity contribution in [2.45, 2.75) is 26.2 Å². The summed E-state index contributed by atoms with van der Waals surface area (Å²) >= 11 is 27.9. The third-order valence-electron chi connectivity index (χ3n) is 21.6.